The Balaban J connectivity index is 2.78. The molecule has 0 heterocycles. The largest absolute Gasteiger partial charge is 0.321 e. The molecule has 2 heteroatoms. The van der Waals surface area contributed by atoms with Crippen molar-refractivity contribution in [3.63, 3.8) is 0 Å². The first-order valence-electron chi connectivity index (χ1n) is 4.71. The SMILES string of the molecule is C=CC[N+](C)(C)Cc1ccccc1Cl. The zero-order valence-corrected chi connectivity index (χ0v) is 9.59. The van der Waals surface area contributed by atoms with Gasteiger partial charge in [-0.1, -0.05) is 36.4 Å². The second kappa shape index (κ2) is 4.63. The summed E-state index contributed by atoms with van der Waals surface area (Å²) in [4.78, 5) is 0. The Kier molecular flexibility index (Phi) is 3.73. The second-order valence-electron chi connectivity index (χ2n) is 4.16. The highest BCUT2D eigenvalue weighted by molar-refractivity contribution is 6.31. The summed E-state index contributed by atoms with van der Waals surface area (Å²) >= 11 is 6.09. The third-order valence-electron chi connectivity index (χ3n) is 2.18. The summed E-state index contributed by atoms with van der Waals surface area (Å²) in [7, 11) is 4.34. The van der Waals surface area contributed by atoms with Crippen molar-refractivity contribution in [2.24, 2.45) is 0 Å². The number of likely N-dealkylation sites (N-methyl/N-ethyl adjacent to an activating group) is 1. The Morgan fingerprint density at radius 3 is 2.57 bits per heavy atom. The van der Waals surface area contributed by atoms with Crippen molar-refractivity contribution in [3.05, 3.63) is 47.5 Å². The number of hydrogen-bond donors (Lipinski definition) is 0. The van der Waals surface area contributed by atoms with E-state index in [4.69, 9.17) is 11.6 Å². The standard InChI is InChI=1S/C12H17ClN/c1-4-9-14(2,3)10-11-7-5-6-8-12(11)13/h4-8H,1,9-10H2,2-3H3/q+1. The summed E-state index contributed by atoms with van der Waals surface area (Å²) in [6.07, 6.45) is 1.94. The number of rotatable bonds is 4. The minimum atomic E-state index is 0.850. The second-order valence-corrected chi connectivity index (χ2v) is 4.56. The van der Waals surface area contributed by atoms with Crippen LogP contribution in [0, 0.1) is 0 Å². The van der Waals surface area contributed by atoms with E-state index in [1.807, 2.05) is 24.3 Å². The molecule has 1 nitrogen and oxygen atoms in total. The number of benzene rings is 1. The smallest absolute Gasteiger partial charge is 0.106 e. The molecule has 0 bridgehead atoms. The molecule has 1 aromatic rings. The van der Waals surface area contributed by atoms with Gasteiger partial charge in [-0.3, -0.25) is 0 Å². The fourth-order valence-electron chi connectivity index (χ4n) is 1.50. The zero-order valence-electron chi connectivity index (χ0n) is 8.83. The first kappa shape index (κ1) is 11.3. The van der Waals surface area contributed by atoms with Crippen LogP contribution in [0.1, 0.15) is 5.56 Å². The predicted octanol–water partition coefficient (Wildman–Crippen LogP) is 3.10. The highest BCUT2D eigenvalue weighted by atomic mass is 35.5. The Morgan fingerprint density at radius 1 is 1.36 bits per heavy atom. The Hall–Kier alpha value is -0.790. The fourth-order valence-corrected chi connectivity index (χ4v) is 1.70. The van der Waals surface area contributed by atoms with Crippen LogP contribution in [0.15, 0.2) is 36.9 Å². The maximum Gasteiger partial charge on any atom is 0.106 e. The monoisotopic (exact) mass is 210 g/mol. The molecule has 0 unspecified atom stereocenters. The molecule has 0 aliphatic heterocycles. The molecule has 0 fully saturated rings. The van der Waals surface area contributed by atoms with Gasteiger partial charge in [-0.25, -0.2) is 0 Å². The molecule has 14 heavy (non-hydrogen) atoms. The van der Waals surface area contributed by atoms with Gasteiger partial charge in [-0.05, 0) is 12.1 Å². The van der Waals surface area contributed by atoms with Crippen molar-refractivity contribution in [1.29, 1.82) is 0 Å². The van der Waals surface area contributed by atoms with Crippen LogP contribution in [-0.4, -0.2) is 25.1 Å². The molecular weight excluding hydrogens is 194 g/mol. The van der Waals surface area contributed by atoms with Crippen LogP contribution in [0.2, 0.25) is 5.02 Å². The quantitative estimate of drug-likeness (QED) is 0.529. The lowest BCUT2D eigenvalue weighted by atomic mass is 10.2. The van der Waals surface area contributed by atoms with Crippen LogP contribution in [-0.2, 0) is 6.54 Å². The van der Waals surface area contributed by atoms with Crippen LogP contribution in [0.4, 0.5) is 0 Å². The van der Waals surface area contributed by atoms with Gasteiger partial charge in [0.2, 0.25) is 0 Å². The molecule has 0 atom stereocenters. The first-order valence-corrected chi connectivity index (χ1v) is 5.09. The van der Waals surface area contributed by atoms with Gasteiger partial charge < -0.3 is 4.48 Å². The maximum atomic E-state index is 6.09. The molecule has 0 radical (unpaired) electrons. The van der Waals surface area contributed by atoms with E-state index in [-0.39, 0.29) is 0 Å². The van der Waals surface area contributed by atoms with Crippen LogP contribution in [0.25, 0.3) is 0 Å². The molecule has 0 saturated carbocycles. The summed E-state index contributed by atoms with van der Waals surface area (Å²) in [6.45, 7) is 5.65. The van der Waals surface area contributed by atoms with Crippen molar-refractivity contribution in [1.82, 2.24) is 0 Å². The number of halogens is 1. The first-order chi connectivity index (χ1) is 6.55. The van der Waals surface area contributed by atoms with E-state index in [0.29, 0.717) is 0 Å². The molecule has 0 aliphatic carbocycles. The van der Waals surface area contributed by atoms with Gasteiger partial charge in [0.25, 0.3) is 0 Å². The van der Waals surface area contributed by atoms with Crippen molar-refractivity contribution in [3.8, 4) is 0 Å². The van der Waals surface area contributed by atoms with Crippen LogP contribution in [0.5, 0.6) is 0 Å². The van der Waals surface area contributed by atoms with Crippen LogP contribution in [0.3, 0.4) is 0 Å². The minimum Gasteiger partial charge on any atom is -0.321 e. The van der Waals surface area contributed by atoms with Gasteiger partial charge in [-0.15, -0.1) is 0 Å². The molecule has 0 amide bonds. The zero-order chi connectivity index (χ0) is 10.6. The minimum absolute atomic E-state index is 0.850. The maximum absolute atomic E-state index is 6.09. The topological polar surface area (TPSA) is 0 Å². The Labute approximate surface area is 91.2 Å². The Morgan fingerprint density at radius 2 is 2.00 bits per heavy atom. The van der Waals surface area contributed by atoms with E-state index < -0.39 is 0 Å². The lowest BCUT2D eigenvalue weighted by Crippen LogP contribution is -2.38. The fraction of sp³-hybridized carbons (Fsp3) is 0.333. The molecule has 76 valence electrons. The van der Waals surface area contributed by atoms with Crippen LogP contribution < -0.4 is 0 Å². The normalized spacial score (nSPS) is 11.4. The average Bonchev–Trinajstić information content (AvgIpc) is 2.08. The van der Waals surface area contributed by atoms with Gasteiger partial charge in [0.05, 0.1) is 20.6 Å². The van der Waals surface area contributed by atoms with Gasteiger partial charge in [0, 0.05) is 10.6 Å². The van der Waals surface area contributed by atoms with Crippen LogP contribution >= 0.6 is 11.6 Å². The van der Waals surface area contributed by atoms with Crippen molar-refractivity contribution in [2.75, 3.05) is 20.6 Å². The molecule has 0 aliphatic rings. The number of nitrogens with zero attached hydrogens (tertiary/aromatic N) is 1. The van der Waals surface area contributed by atoms with Gasteiger partial charge in [0.15, 0.2) is 0 Å². The molecule has 0 N–H and O–H groups in total. The highest BCUT2D eigenvalue weighted by Gasteiger charge is 2.14. The number of hydrogen-bond acceptors (Lipinski definition) is 0. The lowest BCUT2D eigenvalue weighted by Gasteiger charge is -2.28. The van der Waals surface area contributed by atoms with Gasteiger partial charge in [0.1, 0.15) is 6.54 Å². The van der Waals surface area contributed by atoms with Crippen molar-refractivity contribution < 1.29 is 4.48 Å². The van der Waals surface area contributed by atoms with E-state index in [9.17, 15) is 0 Å². The molecule has 1 aromatic carbocycles. The summed E-state index contributed by atoms with van der Waals surface area (Å²) in [6, 6.07) is 7.99. The molecule has 0 saturated heterocycles. The van der Waals surface area contributed by atoms with E-state index in [1.54, 1.807) is 0 Å². The summed E-state index contributed by atoms with van der Waals surface area (Å²) in [5.74, 6) is 0. The molecule has 0 aromatic heterocycles. The average molecular weight is 211 g/mol. The van der Waals surface area contributed by atoms with Gasteiger partial charge in [-0.2, -0.15) is 0 Å². The lowest BCUT2D eigenvalue weighted by molar-refractivity contribution is -0.897. The predicted molar refractivity (Wildman–Crippen MR) is 62.3 cm³/mol. The van der Waals surface area contributed by atoms with E-state index in [2.05, 4.69) is 26.7 Å². The summed E-state index contributed by atoms with van der Waals surface area (Å²) < 4.78 is 0.882. The summed E-state index contributed by atoms with van der Waals surface area (Å²) in [5.41, 5.74) is 1.20. The molecule has 1 rings (SSSR count). The van der Waals surface area contributed by atoms with E-state index in [0.717, 1.165) is 22.6 Å². The third kappa shape index (κ3) is 3.17. The molecular formula is C12H17ClN+. The van der Waals surface area contributed by atoms with Gasteiger partial charge >= 0.3 is 0 Å². The number of quaternary nitrogens is 1. The highest BCUT2D eigenvalue weighted by Crippen LogP contribution is 2.18. The van der Waals surface area contributed by atoms with Crippen molar-refractivity contribution in [2.45, 2.75) is 6.54 Å². The third-order valence-corrected chi connectivity index (χ3v) is 2.55. The van der Waals surface area contributed by atoms with E-state index >= 15 is 0 Å². The van der Waals surface area contributed by atoms with Crippen molar-refractivity contribution >= 4 is 11.6 Å². The summed E-state index contributed by atoms with van der Waals surface area (Å²) in [5, 5.41) is 0.850. The molecule has 0 spiro atoms. The Bertz CT molecular complexity index is 318. The van der Waals surface area contributed by atoms with E-state index in [1.165, 1.54) is 5.56 Å².